The lowest BCUT2D eigenvalue weighted by Crippen LogP contribution is -2.23. The van der Waals surface area contributed by atoms with Crippen molar-refractivity contribution in [2.24, 2.45) is 4.99 Å². The molecule has 1 aliphatic carbocycles. The Morgan fingerprint density at radius 1 is 1.33 bits per heavy atom. The van der Waals surface area contributed by atoms with Crippen LogP contribution in [0.15, 0.2) is 33.7 Å². The number of amides is 1. The zero-order chi connectivity index (χ0) is 19.0. The Kier molecular flexibility index (Phi) is 5.00. The molecule has 2 atom stereocenters. The van der Waals surface area contributed by atoms with E-state index in [9.17, 15) is 4.79 Å². The van der Waals surface area contributed by atoms with E-state index in [2.05, 4.69) is 12.2 Å². The maximum atomic E-state index is 12.7. The Bertz CT molecular complexity index is 886. The van der Waals surface area contributed by atoms with Crippen LogP contribution in [-0.2, 0) is 13.0 Å². The molecule has 1 amide bonds. The number of carbonyl (C=O) groups excluding carboxylic acids is 1. The fourth-order valence-corrected chi connectivity index (χ4v) is 5.02. The number of fused-ring (bicyclic) bond motifs is 3. The molecule has 0 spiro atoms. The summed E-state index contributed by atoms with van der Waals surface area (Å²) in [4.78, 5) is 17.5. The molecule has 1 aliphatic heterocycles. The maximum Gasteiger partial charge on any atom is 0.287 e. The summed E-state index contributed by atoms with van der Waals surface area (Å²) in [5, 5.41) is 4.58. The van der Waals surface area contributed by atoms with Crippen LogP contribution in [0.5, 0.6) is 5.75 Å². The number of carbonyl (C=O) groups is 1. The molecule has 142 valence electrons. The molecule has 4 rings (SSSR count). The number of ether oxygens (including phenoxy) is 1. The molecule has 5 nitrogen and oxygen atoms in total. The summed E-state index contributed by atoms with van der Waals surface area (Å²) in [5.74, 6) is 2.02. The van der Waals surface area contributed by atoms with Crippen molar-refractivity contribution in [1.29, 1.82) is 0 Å². The lowest BCUT2D eigenvalue weighted by molar-refractivity contribution is 0.0920. The monoisotopic (exact) mass is 384 g/mol. The number of thioether (sulfide) groups is 1. The summed E-state index contributed by atoms with van der Waals surface area (Å²) in [6.45, 7) is 7.09. The van der Waals surface area contributed by atoms with Gasteiger partial charge in [0.1, 0.15) is 11.5 Å². The smallest absolute Gasteiger partial charge is 0.287 e. The van der Waals surface area contributed by atoms with Gasteiger partial charge >= 0.3 is 0 Å². The summed E-state index contributed by atoms with van der Waals surface area (Å²) < 4.78 is 11.4. The second-order valence-electron chi connectivity index (χ2n) is 6.94. The largest absolute Gasteiger partial charge is 0.494 e. The molecule has 1 N–H and O–H groups in total. The van der Waals surface area contributed by atoms with E-state index in [1.165, 1.54) is 0 Å². The minimum absolute atomic E-state index is 0.134. The van der Waals surface area contributed by atoms with Gasteiger partial charge in [0.05, 0.1) is 17.7 Å². The van der Waals surface area contributed by atoms with Crippen LogP contribution < -0.4 is 10.1 Å². The highest BCUT2D eigenvalue weighted by Crippen LogP contribution is 2.47. The second kappa shape index (κ2) is 7.43. The number of hydrogen-bond donors (Lipinski definition) is 1. The van der Waals surface area contributed by atoms with Gasteiger partial charge in [-0.15, -0.1) is 11.8 Å². The molecule has 0 unspecified atom stereocenters. The highest BCUT2D eigenvalue weighted by molar-refractivity contribution is 8.14. The molecule has 0 fully saturated rings. The SMILES string of the molecule is CCOc1ccc(CNC(=O)c2oc3c(c2C)[C@H]2N=C(C)S[C@@H]2CC3)cc1. The average Bonchev–Trinajstić information content (AvgIpc) is 3.20. The third-order valence-corrected chi connectivity index (χ3v) is 6.35. The fourth-order valence-electron chi connectivity index (χ4n) is 3.84. The van der Waals surface area contributed by atoms with E-state index in [1.54, 1.807) is 0 Å². The summed E-state index contributed by atoms with van der Waals surface area (Å²) in [6, 6.07) is 7.89. The van der Waals surface area contributed by atoms with E-state index in [4.69, 9.17) is 14.1 Å². The van der Waals surface area contributed by atoms with Crippen molar-refractivity contribution in [2.45, 2.75) is 51.4 Å². The van der Waals surface area contributed by atoms with Crippen molar-refractivity contribution < 1.29 is 13.9 Å². The Morgan fingerprint density at radius 3 is 2.85 bits per heavy atom. The molecule has 2 aromatic rings. The van der Waals surface area contributed by atoms with Crippen molar-refractivity contribution in [3.63, 3.8) is 0 Å². The molecule has 0 radical (unpaired) electrons. The number of rotatable bonds is 5. The van der Waals surface area contributed by atoms with Gasteiger partial charge in [-0.3, -0.25) is 9.79 Å². The first-order valence-electron chi connectivity index (χ1n) is 9.40. The van der Waals surface area contributed by atoms with E-state index in [1.807, 2.05) is 49.9 Å². The first-order chi connectivity index (χ1) is 13.1. The second-order valence-corrected chi connectivity index (χ2v) is 8.37. The third-order valence-electron chi connectivity index (χ3n) is 5.11. The number of hydrogen-bond acceptors (Lipinski definition) is 5. The van der Waals surface area contributed by atoms with Crippen LogP contribution in [0.4, 0.5) is 0 Å². The number of nitrogens with zero attached hydrogens (tertiary/aromatic N) is 1. The van der Waals surface area contributed by atoms with Gasteiger partial charge in [0, 0.05) is 29.3 Å². The maximum absolute atomic E-state index is 12.7. The zero-order valence-electron chi connectivity index (χ0n) is 15.9. The Labute approximate surface area is 163 Å². The predicted octanol–water partition coefficient (Wildman–Crippen LogP) is 4.44. The summed E-state index contributed by atoms with van der Waals surface area (Å²) in [7, 11) is 0. The number of aryl methyl sites for hydroxylation is 1. The molecule has 6 heteroatoms. The molecular formula is C21H24N2O3S. The van der Waals surface area contributed by atoms with E-state index in [0.29, 0.717) is 24.2 Å². The molecule has 1 aromatic carbocycles. The normalized spacial score (nSPS) is 20.6. The molecule has 0 saturated carbocycles. The van der Waals surface area contributed by atoms with Crippen molar-refractivity contribution in [1.82, 2.24) is 5.32 Å². The van der Waals surface area contributed by atoms with Gasteiger partial charge in [-0.05, 0) is 44.9 Å². The predicted molar refractivity (Wildman–Crippen MR) is 108 cm³/mol. The van der Waals surface area contributed by atoms with Crippen molar-refractivity contribution in [3.05, 3.63) is 52.5 Å². The average molecular weight is 385 g/mol. The first kappa shape index (κ1) is 18.2. The van der Waals surface area contributed by atoms with Crippen molar-refractivity contribution in [2.75, 3.05) is 6.61 Å². The van der Waals surface area contributed by atoms with Crippen LogP contribution in [0.25, 0.3) is 0 Å². The molecule has 2 aliphatic rings. The van der Waals surface area contributed by atoms with Crippen LogP contribution in [0.3, 0.4) is 0 Å². The summed E-state index contributed by atoms with van der Waals surface area (Å²) in [5.41, 5.74) is 3.08. The first-order valence-corrected chi connectivity index (χ1v) is 10.3. The number of nitrogens with one attached hydrogen (secondary N) is 1. The quantitative estimate of drug-likeness (QED) is 0.828. The van der Waals surface area contributed by atoms with Gasteiger partial charge in [0.15, 0.2) is 5.76 Å². The number of furan rings is 1. The van der Waals surface area contributed by atoms with Gasteiger partial charge in [0.25, 0.3) is 5.91 Å². The Morgan fingerprint density at radius 2 is 2.11 bits per heavy atom. The van der Waals surface area contributed by atoms with Crippen molar-refractivity contribution >= 4 is 22.7 Å². The fraction of sp³-hybridized carbons (Fsp3) is 0.429. The summed E-state index contributed by atoms with van der Waals surface area (Å²) in [6.07, 6.45) is 1.92. The minimum Gasteiger partial charge on any atom is -0.494 e. The minimum atomic E-state index is -0.168. The molecule has 0 bridgehead atoms. The molecular weight excluding hydrogens is 360 g/mol. The topological polar surface area (TPSA) is 63.8 Å². The Hall–Kier alpha value is -2.21. The molecule has 2 heterocycles. The standard InChI is InChI=1S/C21H24N2O3S/c1-4-25-15-7-5-14(6-8-15)11-22-21(24)20-12(2)18-16(26-20)9-10-17-19(18)23-13(3)27-17/h5-8,17,19H,4,9-11H2,1-3H3,(H,22,24)/t17-,19+/m1/s1. The van der Waals surface area contributed by atoms with Crippen LogP contribution in [0, 0.1) is 6.92 Å². The van der Waals surface area contributed by atoms with E-state index < -0.39 is 0 Å². The van der Waals surface area contributed by atoms with E-state index in [-0.39, 0.29) is 11.9 Å². The van der Waals surface area contributed by atoms with Gasteiger partial charge < -0.3 is 14.5 Å². The number of aliphatic imine (C=N–C) groups is 1. The highest BCUT2D eigenvalue weighted by atomic mass is 32.2. The van der Waals surface area contributed by atoms with Gasteiger partial charge in [-0.25, -0.2) is 0 Å². The van der Waals surface area contributed by atoms with Crippen LogP contribution >= 0.6 is 11.8 Å². The van der Waals surface area contributed by atoms with Crippen molar-refractivity contribution in [3.8, 4) is 5.75 Å². The van der Waals surface area contributed by atoms with E-state index in [0.717, 1.165) is 46.1 Å². The molecule has 0 saturated heterocycles. The Balaban J connectivity index is 1.48. The zero-order valence-corrected chi connectivity index (χ0v) is 16.7. The molecule has 1 aromatic heterocycles. The van der Waals surface area contributed by atoms with Crippen LogP contribution in [-0.4, -0.2) is 22.8 Å². The lowest BCUT2D eigenvalue weighted by Gasteiger charge is -2.22. The number of benzene rings is 1. The van der Waals surface area contributed by atoms with Gasteiger partial charge in [0.2, 0.25) is 0 Å². The van der Waals surface area contributed by atoms with Gasteiger partial charge in [-0.1, -0.05) is 12.1 Å². The molecule has 27 heavy (non-hydrogen) atoms. The lowest BCUT2D eigenvalue weighted by atomic mass is 9.90. The van der Waals surface area contributed by atoms with E-state index >= 15 is 0 Å². The van der Waals surface area contributed by atoms with Crippen LogP contribution in [0.1, 0.15) is 59.3 Å². The summed E-state index contributed by atoms with van der Waals surface area (Å²) >= 11 is 1.85. The van der Waals surface area contributed by atoms with Crippen LogP contribution in [0.2, 0.25) is 0 Å². The van der Waals surface area contributed by atoms with Gasteiger partial charge in [-0.2, -0.15) is 0 Å². The highest BCUT2D eigenvalue weighted by Gasteiger charge is 2.39. The third kappa shape index (κ3) is 3.50.